The van der Waals surface area contributed by atoms with Crippen molar-refractivity contribution in [3.8, 4) is 44.5 Å². The monoisotopic (exact) mass is 1210 g/mol. The molecular formula is C94H63N. The molecule has 2 spiro atoms. The molecule has 2 atom stereocenters. The first-order valence-corrected chi connectivity index (χ1v) is 33.3. The van der Waals surface area contributed by atoms with Gasteiger partial charge in [-0.05, 0) is 201 Å². The maximum atomic E-state index is 2.75. The van der Waals surface area contributed by atoms with Crippen LogP contribution in [0.4, 0.5) is 11.4 Å². The first-order chi connectivity index (χ1) is 47.0. The molecular weight excluding hydrogens is 1140 g/mol. The molecule has 0 fully saturated rings. The fraction of sp³-hybridized carbons (Fsp3) is 0.0426. The lowest BCUT2D eigenvalue weighted by Crippen LogP contribution is -2.42. The van der Waals surface area contributed by atoms with Gasteiger partial charge in [0.05, 0.1) is 22.2 Å². The molecule has 1 nitrogen and oxygen atoms in total. The lowest BCUT2D eigenvalue weighted by atomic mass is 9.53. The summed E-state index contributed by atoms with van der Waals surface area (Å²) in [5.41, 5.74) is 37.9. The lowest BCUT2D eigenvalue weighted by Gasteiger charge is -2.52. The minimum Gasteiger partial charge on any atom is -0.311 e. The molecule has 1 heteroatoms. The van der Waals surface area contributed by atoms with Gasteiger partial charge < -0.3 is 4.90 Å². The van der Waals surface area contributed by atoms with Crippen molar-refractivity contribution in [2.24, 2.45) is 10.8 Å². The van der Waals surface area contributed by atoms with E-state index in [1.165, 1.54) is 150 Å². The van der Waals surface area contributed by atoms with Crippen LogP contribution in [0.5, 0.6) is 0 Å². The maximum Gasteiger partial charge on any atom is 0.0810 e. The Morgan fingerprint density at radius 1 is 0.253 bits per heavy atom. The molecule has 0 heterocycles. The summed E-state index contributed by atoms with van der Waals surface area (Å²) < 4.78 is 0. The molecule has 0 saturated heterocycles. The predicted molar refractivity (Wildman–Crippen MR) is 399 cm³/mol. The smallest absolute Gasteiger partial charge is 0.0810 e. The number of hydrogen-bond acceptors (Lipinski definition) is 1. The Morgan fingerprint density at radius 3 is 1.28 bits per heavy atom. The number of allylic oxidation sites excluding steroid dienone is 17. The molecule has 19 rings (SSSR count). The van der Waals surface area contributed by atoms with Crippen LogP contribution in [-0.2, 0) is 0 Å². The van der Waals surface area contributed by atoms with E-state index in [-0.39, 0.29) is 0 Å². The van der Waals surface area contributed by atoms with E-state index in [0.29, 0.717) is 0 Å². The molecule has 0 saturated carbocycles. The van der Waals surface area contributed by atoms with E-state index in [4.69, 9.17) is 0 Å². The number of aryl methyl sites for hydroxylation is 2. The van der Waals surface area contributed by atoms with Gasteiger partial charge in [-0.1, -0.05) is 309 Å². The highest BCUT2D eigenvalue weighted by atomic mass is 15.2. The lowest BCUT2D eigenvalue weighted by molar-refractivity contribution is 0.651. The number of rotatable bonds is 9. The van der Waals surface area contributed by atoms with Gasteiger partial charge in [-0.2, -0.15) is 0 Å². The number of benzene rings is 11. The van der Waals surface area contributed by atoms with Crippen molar-refractivity contribution in [3.63, 3.8) is 0 Å². The summed E-state index contributed by atoms with van der Waals surface area (Å²) >= 11 is 0. The third-order valence-electron chi connectivity index (χ3n) is 21.3. The van der Waals surface area contributed by atoms with Crippen LogP contribution in [0.3, 0.4) is 0 Å². The van der Waals surface area contributed by atoms with Gasteiger partial charge in [0.2, 0.25) is 0 Å². The second kappa shape index (κ2) is 21.3. The van der Waals surface area contributed by atoms with Crippen LogP contribution >= 0.6 is 0 Å². The molecule has 11 aromatic carbocycles. The highest BCUT2D eigenvalue weighted by Crippen LogP contribution is 2.72. The van der Waals surface area contributed by atoms with Crippen LogP contribution in [0.1, 0.15) is 61.2 Å². The minimum atomic E-state index is -1.00. The van der Waals surface area contributed by atoms with E-state index in [1.807, 2.05) is 0 Å². The van der Waals surface area contributed by atoms with Gasteiger partial charge in [-0.25, -0.2) is 0 Å². The van der Waals surface area contributed by atoms with E-state index in [2.05, 4.69) is 365 Å². The van der Waals surface area contributed by atoms with Gasteiger partial charge in [-0.3, -0.25) is 0 Å². The minimum absolute atomic E-state index is 0.863. The zero-order valence-electron chi connectivity index (χ0n) is 52.9. The topological polar surface area (TPSA) is 3.24 Å². The Hall–Kier alpha value is -11.9. The summed E-state index contributed by atoms with van der Waals surface area (Å²) in [6.07, 6.45) is 30.1. The summed E-state index contributed by atoms with van der Waals surface area (Å²) in [7, 11) is 0. The number of hydrogen-bond donors (Lipinski definition) is 0. The highest BCUT2D eigenvalue weighted by molar-refractivity contribution is 6.22. The van der Waals surface area contributed by atoms with Crippen LogP contribution in [0.2, 0.25) is 0 Å². The number of nitrogens with zero attached hydrogens (tertiary/aromatic N) is 1. The van der Waals surface area contributed by atoms with Crippen molar-refractivity contribution < 1.29 is 0 Å². The summed E-state index contributed by atoms with van der Waals surface area (Å²) in [5, 5.41) is 0. The van der Waals surface area contributed by atoms with Crippen LogP contribution in [0, 0.1) is 24.7 Å². The summed E-state index contributed by atoms with van der Waals surface area (Å²) in [5.74, 6) is 0. The Balaban J connectivity index is 1.08. The molecule has 8 aliphatic rings. The zero-order valence-corrected chi connectivity index (χ0v) is 52.9. The Morgan fingerprint density at radius 2 is 0.674 bits per heavy atom. The Bertz CT molecular complexity index is 5560. The molecule has 0 N–H and O–H groups in total. The van der Waals surface area contributed by atoms with Crippen molar-refractivity contribution in [1.29, 1.82) is 0 Å². The van der Waals surface area contributed by atoms with Crippen LogP contribution in [0.25, 0.3) is 96.7 Å². The van der Waals surface area contributed by atoms with Gasteiger partial charge in [-0.15, -0.1) is 0 Å². The highest BCUT2D eigenvalue weighted by Gasteiger charge is 2.58. The summed E-state index contributed by atoms with van der Waals surface area (Å²) in [6, 6.07) is 102. The van der Waals surface area contributed by atoms with Crippen molar-refractivity contribution in [2.75, 3.05) is 4.90 Å². The Kier molecular flexibility index (Phi) is 12.3. The standard InChI is InChI=1S/C94H63N/c1-60-28-12-22-50-85(60)95(86-51-23-21-44-73(86)63-32-8-4-9-33-63)92-90(80-53-52-78-72-43-18-15-37-66(72)57-82(78)93(80)54-26-48-76-70-41-16-13-36-65(70)56-81(76)93)91(87-61(2)29-24-46-74(87)64-34-10-5-11-35-64)89-84(94(92)55-27-49-77-71-42-17-14-38-67(71)58-83(77)94)59-68-39-25-47-79(88(68)89)75-45-20-19-40-69(75)62-30-6-3-7-31-62/h3-59H,1-2H3. The molecule has 11 aromatic rings. The molecule has 0 bridgehead atoms. The van der Waals surface area contributed by atoms with Crippen molar-refractivity contribution >= 4 is 63.5 Å². The fourth-order valence-corrected chi connectivity index (χ4v) is 17.3. The van der Waals surface area contributed by atoms with E-state index < -0.39 is 10.8 Å². The van der Waals surface area contributed by atoms with Crippen LogP contribution in [-0.4, -0.2) is 0 Å². The van der Waals surface area contributed by atoms with Crippen molar-refractivity contribution in [2.45, 2.75) is 13.8 Å². The largest absolute Gasteiger partial charge is 0.311 e. The van der Waals surface area contributed by atoms with Gasteiger partial charge in [0.15, 0.2) is 0 Å². The molecule has 0 radical (unpaired) electrons. The van der Waals surface area contributed by atoms with E-state index in [9.17, 15) is 0 Å². The van der Waals surface area contributed by atoms with Gasteiger partial charge in [0.25, 0.3) is 0 Å². The van der Waals surface area contributed by atoms with Gasteiger partial charge in [0, 0.05) is 22.4 Å². The number of fused-ring (bicyclic) bond motifs is 16. The van der Waals surface area contributed by atoms with Gasteiger partial charge in [0.1, 0.15) is 0 Å². The van der Waals surface area contributed by atoms with Crippen molar-refractivity contribution in [1.82, 2.24) is 0 Å². The third kappa shape index (κ3) is 7.97. The number of para-hydroxylation sites is 2. The second-order valence-electron chi connectivity index (χ2n) is 26.2. The summed E-state index contributed by atoms with van der Waals surface area (Å²) in [6.45, 7) is 4.68. The normalized spacial score (nSPS) is 18.6. The van der Waals surface area contributed by atoms with E-state index in [0.717, 1.165) is 33.6 Å². The second-order valence-corrected chi connectivity index (χ2v) is 26.2. The molecule has 2 unspecified atom stereocenters. The molecule has 444 valence electrons. The van der Waals surface area contributed by atoms with E-state index in [1.54, 1.807) is 0 Å². The predicted octanol–water partition coefficient (Wildman–Crippen LogP) is 23.9. The van der Waals surface area contributed by atoms with E-state index >= 15 is 0 Å². The fourth-order valence-electron chi connectivity index (χ4n) is 17.3. The molecule has 0 amide bonds. The molecule has 8 aliphatic carbocycles. The molecule has 0 aromatic heterocycles. The molecule has 95 heavy (non-hydrogen) atoms. The quantitative estimate of drug-likeness (QED) is 0.139. The van der Waals surface area contributed by atoms with Crippen LogP contribution < -0.4 is 4.90 Å². The average molecular weight is 1210 g/mol. The van der Waals surface area contributed by atoms with Crippen molar-refractivity contribution in [3.05, 3.63) is 422 Å². The van der Waals surface area contributed by atoms with Gasteiger partial charge >= 0.3 is 0 Å². The maximum absolute atomic E-state index is 2.75. The third-order valence-corrected chi connectivity index (χ3v) is 21.3. The zero-order chi connectivity index (χ0) is 62.9. The Labute approximate surface area is 556 Å². The first kappa shape index (κ1) is 54.8. The number of anilines is 2. The molecule has 0 aliphatic heterocycles. The van der Waals surface area contributed by atoms with Crippen LogP contribution in [0.15, 0.2) is 361 Å². The average Bonchev–Trinajstić information content (AvgIpc) is 1.61. The first-order valence-electron chi connectivity index (χ1n) is 33.3. The summed E-state index contributed by atoms with van der Waals surface area (Å²) in [4.78, 5) is 2.75. The SMILES string of the molecule is Cc1ccccc1N(C1=C(C2=CC=C3C(=Cc4ccccc43)C23C=CC=C2C3=Cc3ccccc32)C(c2c(C)cccc2-c2ccccc2)=C2C(=Cc3cccc(-c4ccccc4-c4ccccc4)c32)C12C=CC=C1C2=Cc2ccccc21)c1ccccc1-c1ccccc1.